The Morgan fingerprint density at radius 3 is 2.54 bits per heavy atom. The molecule has 2 aromatic rings. The van der Waals surface area contributed by atoms with Gasteiger partial charge < -0.3 is 10.2 Å². The van der Waals surface area contributed by atoms with Gasteiger partial charge in [-0.3, -0.25) is 9.59 Å². The van der Waals surface area contributed by atoms with Crippen molar-refractivity contribution in [1.29, 1.82) is 0 Å². The zero-order valence-corrected chi connectivity index (χ0v) is 15.0. The third kappa shape index (κ3) is 4.21. The fourth-order valence-electron chi connectivity index (χ4n) is 2.06. The maximum atomic E-state index is 12.3. The van der Waals surface area contributed by atoms with E-state index in [1.165, 1.54) is 6.07 Å². The lowest BCUT2D eigenvalue weighted by atomic mass is 10.2. The van der Waals surface area contributed by atoms with Crippen molar-refractivity contribution in [2.75, 3.05) is 20.6 Å². The van der Waals surface area contributed by atoms with E-state index in [9.17, 15) is 9.59 Å². The van der Waals surface area contributed by atoms with E-state index in [0.717, 1.165) is 5.69 Å². The summed E-state index contributed by atoms with van der Waals surface area (Å²) in [6.45, 7) is 4.18. The first-order valence-electron chi connectivity index (χ1n) is 7.61. The number of rotatable bonds is 5. The molecule has 6 nitrogen and oxygen atoms in total. The number of aromatic nitrogens is 2. The molecule has 1 amide bonds. The third-order valence-electron chi connectivity index (χ3n) is 3.83. The molecule has 0 spiro atoms. The molecule has 128 valence electrons. The molecule has 0 aliphatic heterocycles. The van der Waals surface area contributed by atoms with Gasteiger partial charge in [-0.15, -0.1) is 0 Å². The van der Waals surface area contributed by atoms with Gasteiger partial charge in [0.1, 0.15) is 0 Å². The van der Waals surface area contributed by atoms with Crippen LogP contribution in [0.25, 0.3) is 5.69 Å². The molecular weight excluding hydrogens is 328 g/mol. The third-order valence-corrected chi connectivity index (χ3v) is 4.09. The standard InChI is InChI=1S/C17H21ClN4O2/c1-11-9-15(23)16(17(24)19-10-12(2)21(3)4)20-22(11)14-7-5-13(18)6-8-14/h5-9,12H,10H2,1-4H3,(H,19,24)/t12-/m0/s1. The predicted molar refractivity (Wildman–Crippen MR) is 95.1 cm³/mol. The van der Waals surface area contributed by atoms with Crippen molar-refractivity contribution in [3.05, 3.63) is 57.0 Å². The minimum absolute atomic E-state index is 0.124. The molecule has 1 aromatic carbocycles. The summed E-state index contributed by atoms with van der Waals surface area (Å²) in [5.74, 6) is -0.476. The Morgan fingerprint density at radius 2 is 1.96 bits per heavy atom. The minimum atomic E-state index is -0.476. The largest absolute Gasteiger partial charge is 0.349 e. The molecule has 0 saturated heterocycles. The highest BCUT2D eigenvalue weighted by Crippen LogP contribution is 2.13. The van der Waals surface area contributed by atoms with Gasteiger partial charge in [-0.05, 0) is 52.2 Å². The van der Waals surface area contributed by atoms with Crippen molar-refractivity contribution in [3.8, 4) is 5.69 Å². The molecule has 24 heavy (non-hydrogen) atoms. The quantitative estimate of drug-likeness (QED) is 0.895. The first kappa shape index (κ1) is 18.2. The Labute approximate surface area is 146 Å². The number of likely N-dealkylation sites (N-methyl/N-ethyl adjacent to an activating group) is 1. The average Bonchev–Trinajstić information content (AvgIpc) is 2.53. The summed E-state index contributed by atoms with van der Waals surface area (Å²) in [6, 6.07) is 8.58. The van der Waals surface area contributed by atoms with E-state index >= 15 is 0 Å². The maximum absolute atomic E-state index is 12.3. The van der Waals surface area contributed by atoms with Crippen molar-refractivity contribution in [2.45, 2.75) is 19.9 Å². The smallest absolute Gasteiger partial charge is 0.275 e. The number of benzene rings is 1. The van der Waals surface area contributed by atoms with Gasteiger partial charge >= 0.3 is 0 Å². The van der Waals surface area contributed by atoms with Gasteiger partial charge in [-0.25, -0.2) is 4.68 Å². The van der Waals surface area contributed by atoms with E-state index < -0.39 is 11.3 Å². The van der Waals surface area contributed by atoms with Crippen LogP contribution < -0.4 is 10.7 Å². The van der Waals surface area contributed by atoms with Gasteiger partial charge in [0.25, 0.3) is 5.91 Å². The second-order valence-corrected chi connectivity index (χ2v) is 6.35. The molecule has 0 saturated carbocycles. The summed E-state index contributed by atoms with van der Waals surface area (Å²) in [4.78, 5) is 26.4. The summed E-state index contributed by atoms with van der Waals surface area (Å²) >= 11 is 5.89. The molecular formula is C17H21ClN4O2. The summed E-state index contributed by atoms with van der Waals surface area (Å²) in [5.41, 5.74) is 0.849. The van der Waals surface area contributed by atoms with Crippen molar-refractivity contribution in [2.24, 2.45) is 0 Å². The lowest BCUT2D eigenvalue weighted by Gasteiger charge is -2.19. The van der Waals surface area contributed by atoms with Crippen molar-refractivity contribution >= 4 is 17.5 Å². The number of halogens is 1. The van der Waals surface area contributed by atoms with E-state index in [2.05, 4.69) is 10.4 Å². The number of amides is 1. The van der Waals surface area contributed by atoms with Crippen LogP contribution in [-0.4, -0.2) is 47.3 Å². The van der Waals surface area contributed by atoms with E-state index in [4.69, 9.17) is 11.6 Å². The highest BCUT2D eigenvalue weighted by atomic mass is 35.5. The highest BCUT2D eigenvalue weighted by molar-refractivity contribution is 6.30. The van der Waals surface area contributed by atoms with Gasteiger partial charge in [-0.2, -0.15) is 5.10 Å². The number of nitrogens with one attached hydrogen (secondary N) is 1. The van der Waals surface area contributed by atoms with E-state index in [1.54, 1.807) is 35.9 Å². The SMILES string of the molecule is Cc1cc(=O)c(C(=O)NC[C@H](C)N(C)C)nn1-c1ccc(Cl)cc1. The number of carbonyl (C=O) groups excluding carboxylic acids is 1. The number of hydrogen-bond donors (Lipinski definition) is 1. The topological polar surface area (TPSA) is 67.2 Å². The van der Waals surface area contributed by atoms with Gasteiger partial charge in [-0.1, -0.05) is 11.6 Å². The zero-order valence-electron chi connectivity index (χ0n) is 14.2. The molecule has 2 rings (SSSR count). The summed E-state index contributed by atoms with van der Waals surface area (Å²) in [6.07, 6.45) is 0. The van der Waals surface area contributed by atoms with Crippen LogP contribution in [0.5, 0.6) is 0 Å². The number of nitrogens with zero attached hydrogens (tertiary/aromatic N) is 3. The Morgan fingerprint density at radius 1 is 1.33 bits per heavy atom. The van der Waals surface area contributed by atoms with E-state index in [1.807, 2.05) is 25.9 Å². The Balaban J connectivity index is 2.31. The fraction of sp³-hybridized carbons (Fsp3) is 0.353. The van der Waals surface area contributed by atoms with Gasteiger partial charge in [0.2, 0.25) is 5.43 Å². The molecule has 1 N–H and O–H groups in total. The fourth-order valence-corrected chi connectivity index (χ4v) is 2.18. The first-order valence-corrected chi connectivity index (χ1v) is 7.99. The van der Waals surface area contributed by atoms with E-state index in [-0.39, 0.29) is 11.7 Å². The molecule has 0 fully saturated rings. The van der Waals surface area contributed by atoms with Crippen molar-refractivity contribution < 1.29 is 4.79 Å². The van der Waals surface area contributed by atoms with E-state index in [0.29, 0.717) is 17.3 Å². The summed E-state index contributed by atoms with van der Waals surface area (Å²) in [7, 11) is 3.85. The van der Waals surface area contributed by atoms with Crippen LogP contribution in [0.3, 0.4) is 0 Å². The number of hydrogen-bond acceptors (Lipinski definition) is 4. The minimum Gasteiger partial charge on any atom is -0.349 e. The Bertz CT molecular complexity index is 784. The normalized spacial score (nSPS) is 12.2. The molecule has 1 heterocycles. The molecule has 0 aliphatic carbocycles. The van der Waals surface area contributed by atoms with Crippen LogP contribution in [0.15, 0.2) is 35.1 Å². The Kier molecular flexibility index (Phi) is 5.75. The zero-order chi connectivity index (χ0) is 17.9. The van der Waals surface area contributed by atoms with Gasteiger partial charge in [0, 0.05) is 29.4 Å². The van der Waals surface area contributed by atoms with Crippen LogP contribution in [0.1, 0.15) is 23.1 Å². The van der Waals surface area contributed by atoms with Crippen LogP contribution in [0.4, 0.5) is 0 Å². The van der Waals surface area contributed by atoms with Crippen LogP contribution in [-0.2, 0) is 0 Å². The maximum Gasteiger partial charge on any atom is 0.275 e. The second-order valence-electron chi connectivity index (χ2n) is 5.91. The van der Waals surface area contributed by atoms with Crippen LogP contribution in [0.2, 0.25) is 5.02 Å². The summed E-state index contributed by atoms with van der Waals surface area (Å²) in [5, 5.41) is 7.59. The molecule has 0 bridgehead atoms. The van der Waals surface area contributed by atoms with Crippen LogP contribution >= 0.6 is 11.6 Å². The Hall–Kier alpha value is -2.18. The highest BCUT2D eigenvalue weighted by Gasteiger charge is 2.16. The lowest BCUT2D eigenvalue weighted by molar-refractivity contribution is 0.0935. The van der Waals surface area contributed by atoms with Gasteiger partial charge in [0.05, 0.1) is 5.69 Å². The van der Waals surface area contributed by atoms with Gasteiger partial charge in [0.15, 0.2) is 5.69 Å². The summed E-state index contributed by atoms with van der Waals surface area (Å²) < 4.78 is 1.56. The molecule has 7 heteroatoms. The number of aryl methyl sites for hydroxylation is 1. The average molecular weight is 349 g/mol. The predicted octanol–water partition coefficient (Wildman–Crippen LogP) is 1.87. The molecule has 0 aliphatic rings. The lowest BCUT2D eigenvalue weighted by Crippen LogP contribution is -2.40. The van der Waals surface area contributed by atoms with Crippen molar-refractivity contribution in [3.63, 3.8) is 0 Å². The molecule has 1 atom stereocenters. The monoisotopic (exact) mass is 348 g/mol. The molecule has 0 unspecified atom stereocenters. The van der Waals surface area contributed by atoms with Crippen LogP contribution in [0, 0.1) is 6.92 Å². The first-order chi connectivity index (χ1) is 11.3. The molecule has 0 radical (unpaired) electrons. The molecule has 1 aromatic heterocycles. The van der Waals surface area contributed by atoms with Crippen molar-refractivity contribution in [1.82, 2.24) is 20.0 Å². The second kappa shape index (κ2) is 7.59. The number of carbonyl (C=O) groups is 1.